The van der Waals surface area contributed by atoms with Gasteiger partial charge in [-0.3, -0.25) is 0 Å². The Bertz CT molecular complexity index is 1200. The average Bonchev–Trinajstić information content (AvgIpc) is 3.39. The van der Waals surface area contributed by atoms with E-state index in [9.17, 15) is 22.4 Å². The molecule has 2 heterocycles. The van der Waals surface area contributed by atoms with Crippen LogP contribution in [0.25, 0.3) is 5.65 Å². The molecule has 1 aliphatic rings. The lowest BCUT2D eigenvalue weighted by atomic mass is 10.1. The Morgan fingerprint density at radius 3 is 2.47 bits per heavy atom. The predicted molar refractivity (Wildman–Crippen MR) is 110 cm³/mol. The van der Waals surface area contributed by atoms with E-state index in [1.165, 1.54) is 10.6 Å². The molecular weight excluding hydrogens is 452 g/mol. The summed E-state index contributed by atoms with van der Waals surface area (Å²) in [4.78, 5) is 18.2. The Balaban J connectivity index is 1.94. The monoisotopic (exact) mass is 470 g/mol. The third-order valence-corrected chi connectivity index (χ3v) is 4.93. The minimum atomic E-state index is -4.83. The van der Waals surface area contributed by atoms with Crippen LogP contribution in [0.1, 0.15) is 50.7 Å². The zero-order valence-electron chi connectivity index (χ0n) is 17.4. The first kappa shape index (κ1) is 22.3. The Morgan fingerprint density at radius 2 is 1.88 bits per heavy atom. The van der Waals surface area contributed by atoms with E-state index in [0.29, 0.717) is 17.8 Å². The summed E-state index contributed by atoms with van der Waals surface area (Å²) in [6.45, 7) is 4.80. The van der Waals surface area contributed by atoms with Gasteiger partial charge in [-0.2, -0.15) is 22.8 Å². The number of fused-ring (bicyclic) bond motifs is 1. The van der Waals surface area contributed by atoms with E-state index in [1.807, 2.05) is 0 Å². The molecule has 6 nitrogen and oxygen atoms in total. The van der Waals surface area contributed by atoms with Crippen LogP contribution < -0.4 is 4.90 Å². The van der Waals surface area contributed by atoms with E-state index in [1.54, 1.807) is 27.0 Å². The first-order valence-electron chi connectivity index (χ1n) is 9.78. The SMILES string of the molecule is CC(C)(C)OC(=O)N(c1cc(F)cc(C(F)(F)F)c1)c1cc(Cl)nc2c(C3CC3)cnn12. The molecule has 1 saturated carbocycles. The van der Waals surface area contributed by atoms with Gasteiger partial charge in [0.25, 0.3) is 0 Å². The molecular formula is C21H19ClF4N4O2. The van der Waals surface area contributed by atoms with Crippen molar-refractivity contribution in [2.75, 3.05) is 4.90 Å². The number of carbonyl (C=O) groups is 1. The molecule has 0 radical (unpaired) electrons. The summed E-state index contributed by atoms with van der Waals surface area (Å²) in [5.74, 6) is -0.953. The van der Waals surface area contributed by atoms with Gasteiger partial charge >= 0.3 is 12.3 Å². The van der Waals surface area contributed by atoms with Crippen LogP contribution in [0.2, 0.25) is 5.15 Å². The van der Waals surface area contributed by atoms with Gasteiger partial charge in [-0.25, -0.2) is 19.1 Å². The molecule has 1 aliphatic carbocycles. The topological polar surface area (TPSA) is 59.7 Å². The molecule has 0 saturated heterocycles. The van der Waals surface area contributed by atoms with Crippen LogP contribution in [0.15, 0.2) is 30.5 Å². The first-order chi connectivity index (χ1) is 14.8. The summed E-state index contributed by atoms with van der Waals surface area (Å²) in [7, 11) is 0. The Kier molecular flexibility index (Phi) is 5.31. The molecule has 2 aromatic heterocycles. The van der Waals surface area contributed by atoms with Crippen molar-refractivity contribution in [3.05, 3.63) is 52.6 Å². The Labute approximate surface area is 185 Å². The molecule has 4 rings (SSSR count). The number of amides is 1. The van der Waals surface area contributed by atoms with Crippen molar-refractivity contribution in [3.63, 3.8) is 0 Å². The summed E-state index contributed by atoms with van der Waals surface area (Å²) in [5, 5.41) is 4.27. The molecule has 0 atom stereocenters. The van der Waals surface area contributed by atoms with Crippen LogP contribution in [0, 0.1) is 5.82 Å². The fraction of sp³-hybridized carbons (Fsp3) is 0.381. The van der Waals surface area contributed by atoms with Gasteiger partial charge in [-0.15, -0.1) is 0 Å². The molecule has 32 heavy (non-hydrogen) atoms. The number of ether oxygens (including phenoxy) is 1. The number of halogens is 5. The van der Waals surface area contributed by atoms with Crippen molar-refractivity contribution in [2.24, 2.45) is 0 Å². The zero-order chi connectivity index (χ0) is 23.4. The van der Waals surface area contributed by atoms with Gasteiger partial charge in [0.1, 0.15) is 22.4 Å². The van der Waals surface area contributed by atoms with Crippen molar-refractivity contribution in [2.45, 2.75) is 51.3 Å². The number of anilines is 2. The second-order valence-corrected chi connectivity index (χ2v) is 8.95. The molecule has 0 N–H and O–H groups in total. The maximum Gasteiger partial charge on any atom is 0.420 e. The maximum absolute atomic E-state index is 14.2. The fourth-order valence-corrected chi connectivity index (χ4v) is 3.46. The Morgan fingerprint density at radius 1 is 1.19 bits per heavy atom. The number of carbonyl (C=O) groups excluding carboxylic acids is 1. The van der Waals surface area contributed by atoms with E-state index >= 15 is 0 Å². The van der Waals surface area contributed by atoms with Gasteiger partial charge in [0.2, 0.25) is 0 Å². The third kappa shape index (κ3) is 4.50. The number of nitrogens with zero attached hydrogens (tertiary/aromatic N) is 4. The Hall–Kier alpha value is -2.88. The normalized spacial score (nSPS) is 14.6. The lowest BCUT2D eigenvalue weighted by molar-refractivity contribution is -0.137. The van der Waals surface area contributed by atoms with Crippen LogP contribution in [0.4, 0.5) is 33.9 Å². The van der Waals surface area contributed by atoms with Crippen molar-refractivity contribution < 1.29 is 27.1 Å². The van der Waals surface area contributed by atoms with Crippen LogP contribution in [-0.2, 0) is 10.9 Å². The van der Waals surface area contributed by atoms with Crippen LogP contribution in [0.3, 0.4) is 0 Å². The van der Waals surface area contributed by atoms with Crippen molar-refractivity contribution in [1.29, 1.82) is 0 Å². The molecule has 170 valence electrons. The highest BCUT2D eigenvalue weighted by atomic mass is 35.5. The van der Waals surface area contributed by atoms with E-state index in [0.717, 1.165) is 29.4 Å². The quantitative estimate of drug-likeness (QED) is 0.324. The van der Waals surface area contributed by atoms with Crippen LogP contribution in [0.5, 0.6) is 0 Å². The zero-order valence-corrected chi connectivity index (χ0v) is 18.1. The molecule has 0 bridgehead atoms. The number of hydrogen-bond donors (Lipinski definition) is 0. The summed E-state index contributed by atoms with van der Waals surface area (Å²) >= 11 is 6.20. The number of benzene rings is 1. The summed E-state index contributed by atoms with van der Waals surface area (Å²) in [5.41, 5.74) is -1.44. The van der Waals surface area contributed by atoms with E-state index in [-0.39, 0.29) is 16.9 Å². The largest absolute Gasteiger partial charge is 0.443 e. The van der Waals surface area contributed by atoms with Gasteiger partial charge in [0.15, 0.2) is 5.65 Å². The smallest absolute Gasteiger partial charge is 0.420 e. The molecule has 3 aromatic rings. The predicted octanol–water partition coefficient (Wildman–Crippen LogP) is 6.49. The van der Waals surface area contributed by atoms with Gasteiger partial charge in [-0.05, 0) is 57.7 Å². The number of hydrogen-bond acceptors (Lipinski definition) is 4. The lowest BCUT2D eigenvalue weighted by Crippen LogP contribution is -2.35. The third-order valence-electron chi connectivity index (χ3n) is 4.74. The van der Waals surface area contributed by atoms with Gasteiger partial charge in [0.05, 0.1) is 17.4 Å². The lowest BCUT2D eigenvalue weighted by Gasteiger charge is -2.28. The molecule has 1 fully saturated rings. The van der Waals surface area contributed by atoms with Gasteiger partial charge in [0, 0.05) is 11.6 Å². The van der Waals surface area contributed by atoms with E-state index < -0.39 is 34.9 Å². The number of alkyl halides is 3. The molecule has 0 aliphatic heterocycles. The highest BCUT2D eigenvalue weighted by Gasteiger charge is 2.35. The highest BCUT2D eigenvalue weighted by molar-refractivity contribution is 6.29. The highest BCUT2D eigenvalue weighted by Crippen LogP contribution is 2.43. The van der Waals surface area contributed by atoms with Gasteiger partial charge < -0.3 is 4.74 Å². The van der Waals surface area contributed by atoms with Crippen LogP contribution >= 0.6 is 11.6 Å². The molecule has 1 amide bonds. The fourth-order valence-electron chi connectivity index (χ4n) is 3.28. The van der Waals surface area contributed by atoms with Crippen molar-refractivity contribution in [3.8, 4) is 0 Å². The summed E-state index contributed by atoms with van der Waals surface area (Å²) in [6.07, 6.45) is -2.38. The standard InChI is InChI=1S/C21H19ClF4N4O2/c1-20(2,3)32-19(31)29(14-7-12(21(24,25)26)6-13(23)8-14)17-9-16(22)28-18-15(11-4-5-11)10-27-30(17)18/h6-11H,4-5H2,1-3H3. The molecule has 0 spiro atoms. The number of rotatable bonds is 3. The average molecular weight is 471 g/mol. The van der Waals surface area contributed by atoms with Crippen LogP contribution in [-0.4, -0.2) is 26.3 Å². The van der Waals surface area contributed by atoms with E-state index in [4.69, 9.17) is 16.3 Å². The first-order valence-corrected chi connectivity index (χ1v) is 10.2. The van der Waals surface area contributed by atoms with E-state index in [2.05, 4.69) is 10.1 Å². The summed E-state index contributed by atoms with van der Waals surface area (Å²) in [6, 6.07) is 3.09. The maximum atomic E-state index is 14.2. The molecule has 1 aromatic carbocycles. The summed E-state index contributed by atoms with van der Waals surface area (Å²) < 4.78 is 61.0. The second-order valence-electron chi connectivity index (χ2n) is 8.56. The molecule has 11 heteroatoms. The second kappa shape index (κ2) is 7.61. The van der Waals surface area contributed by atoms with Crippen molar-refractivity contribution in [1.82, 2.24) is 14.6 Å². The molecule has 0 unspecified atom stereocenters. The number of aromatic nitrogens is 3. The minimum Gasteiger partial charge on any atom is -0.443 e. The van der Waals surface area contributed by atoms with Crippen molar-refractivity contribution >= 4 is 34.8 Å². The van der Waals surface area contributed by atoms with Gasteiger partial charge in [-0.1, -0.05) is 11.6 Å². The minimum absolute atomic E-state index is 0.00379.